The Bertz CT molecular complexity index is 1030. The molecule has 31 heavy (non-hydrogen) atoms. The van der Waals surface area contributed by atoms with Crippen molar-refractivity contribution in [1.82, 2.24) is 19.8 Å². The zero-order valence-electron chi connectivity index (χ0n) is 17.8. The second-order valence-corrected chi connectivity index (χ2v) is 7.33. The maximum atomic E-state index is 14.5. The van der Waals surface area contributed by atoms with E-state index in [1.54, 1.807) is 49.6 Å². The van der Waals surface area contributed by atoms with Crippen LogP contribution in [0.15, 0.2) is 66.2 Å². The zero-order chi connectivity index (χ0) is 21.6. The first-order chi connectivity index (χ1) is 15.2. The van der Waals surface area contributed by atoms with Crippen molar-refractivity contribution < 1.29 is 9.13 Å². The van der Waals surface area contributed by atoms with Crippen LogP contribution in [0.4, 0.5) is 10.1 Å². The summed E-state index contributed by atoms with van der Waals surface area (Å²) in [6.45, 7) is 3.99. The van der Waals surface area contributed by atoms with Crippen molar-refractivity contribution in [3.8, 4) is 11.4 Å². The Morgan fingerprint density at radius 3 is 2.68 bits per heavy atom. The number of anilines is 1. The standard InChI is InChI=1S/C23H27FN6O/c1-25-23(27-16-18-6-7-22(21(24)14-18)30-9-8-26-17-30)29-12-10-28(11-13-29)19-4-3-5-20(15-19)31-2/h3-9,14-15,17H,10-13,16H2,1-2H3,(H,25,27). The van der Waals surface area contributed by atoms with Crippen molar-refractivity contribution in [2.24, 2.45) is 4.99 Å². The molecular formula is C23H27FN6O. The van der Waals surface area contributed by atoms with Crippen LogP contribution in [0.3, 0.4) is 0 Å². The van der Waals surface area contributed by atoms with Gasteiger partial charge in [-0.1, -0.05) is 12.1 Å². The summed E-state index contributed by atoms with van der Waals surface area (Å²) in [7, 11) is 3.46. The molecule has 8 heteroatoms. The van der Waals surface area contributed by atoms with Crippen molar-refractivity contribution >= 4 is 11.6 Å². The van der Waals surface area contributed by atoms with Gasteiger partial charge in [-0.2, -0.15) is 0 Å². The van der Waals surface area contributed by atoms with Crippen LogP contribution >= 0.6 is 0 Å². The highest BCUT2D eigenvalue weighted by atomic mass is 19.1. The fraction of sp³-hybridized carbons (Fsp3) is 0.304. The van der Waals surface area contributed by atoms with Crippen molar-refractivity contribution in [3.63, 3.8) is 0 Å². The highest BCUT2D eigenvalue weighted by molar-refractivity contribution is 5.80. The molecule has 0 spiro atoms. The van der Waals surface area contributed by atoms with Gasteiger partial charge in [-0.3, -0.25) is 4.99 Å². The van der Waals surface area contributed by atoms with Crippen molar-refractivity contribution in [2.45, 2.75) is 6.54 Å². The topological polar surface area (TPSA) is 57.9 Å². The zero-order valence-corrected chi connectivity index (χ0v) is 17.8. The van der Waals surface area contributed by atoms with Crippen molar-refractivity contribution in [3.05, 3.63) is 72.6 Å². The molecule has 1 saturated heterocycles. The number of benzene rings is 2. The number of nitrogens with zero attached hydrogens (tertiary/aromatic N) is 5. The summed E-state index contributed by atoms with van der Waals surface area (Å²) in [4.78, 5) is 13.0. The van der Waals surface area contributed by atoms with E-state index >= 15 is 0 Å². The highest BCUT2D eigenvalue weighted by Gasteiger charge is 2.20. The van der Waals surface area contributed by atoms with Gasteiger partial charge >= 0.3 is 0 Å². The normalized spacial score (nSPS) is 14.6. The third kappa shape index (κ3) is 4.79. The van der Waals surface area contributed by atoms with E-state index in [9.17, 15) is 4.39 Å². The second kappa shape index (κ2) is 9.51. The largest absolute Gasteiger partial charge is 0.497 e. The first-order valence-corrected chi connectivity index (χ1v) is 10.3. The molecule has 2 aromatic carbocycles. The van der Waals surface area contributed by atoms with Crippen molar-refractivity contribution in [1.29, 1.82) is 0 Å². The highest BCUT2D eigenvalue weighted by Crippen LogP contribution is 2.22. The van der Waals surface area contributed by atoms with Crippen molar-refractivity contribution in [2.75, 3.05) is 45.2 Å². The van der Waals surface area contributed by atoms with Crippen LogP contribution in [-0.2, 0) is 6.54 Å². The molecule has 4 rings (SSSR count). The first-order valence-electron chi connectivity index (χ1n) is 10.3. The Kier molecular flexibility index (Phi) is 6.35. The number of hydrogen-bond acceptors (Lipinski definition) is 4. The molecule has 1 aromatic heterocycles. The van der Waals surface area contributed by atoms with Gasteiger partial charge in [0.2, 0.25) is 0 Å². The fourth-order valence-corrected chi connectivity index (χ4v) is 3.77. The van der Waals surface area contributed by atoms with E-state index in [-0.39, 0.29) is 5.82 Å². The van der Waals surface area contributed by atoms with Crippen LogP contribution < -0.4 is 15.0 Å². The number of aromatic nitrogens is 2. The summed E-state index contributed by atoms with van der Waals surface area (Å²) < 4.78 is 21.5. The third-order valence-electron chi connectivity index (χ3n) is 5.45. The summed E-state index contributed by atoms with van der Waals surface area (Å²) >= 11 is 0. The number of rotatable bonds is 5. The molecule has 0 amide bonds. The third-order valence-corrected chi connectivity index (χ3v) is 5.45. The molecule has 0 saturated carbocycles. The Balaban J connectivity index is 1.33. The van der Waals surface area contributed by atoms with E-state index in [1.165, 1.54) is 0 Å². The lowest BCUT2D eigenvalue weighted by atomic mass is 10.2. The Labute approximate surface area is 181 Å². The average Bonchev–Trinajstić information content (AvgIpc) is 3.35. The predicted molar refractivity (Wildman–Crippen MR) is 121 cm³/mol. The monoisotopic (exact) mass is 422 g/mol. The summed E-state index contributed by atoms with van der Waals surface area (Å²) in [6.07, 6.45) is 4.94. The second-order valence-electron chi connectivity index (χ2n) is 7.33. The maximum absolute atomic E-state index is 14.5. The summed E-state index contributed by atoms with van der Waals surface area (Å²) in [5.41, 5.74) is 2.51. The molecule has 3 aromatic rings. The van der Waals surface area contributed by atoms with Gasteiger partial charge in [-0.05, 0) is 29.8 Å². The Morgan fingerprint density at radius 2 is 2.00 bits per heavy atom. The number of guanidine groups is 1. The Hall–Kier alpha value is -3.55. The van der Waals surface area contributed by atoms with Crippen LogP contribution in [0.1, 0.15) is 5.56 Å². The molecule has 2 heterocycles. The number of halogens is 1. The first kappa shape index (κ1) is 20.7. The molecule has 0 aliphatic carbocycles. The maximum Gasteiger partial charge on any atom is 0.194 e. The lowest BCUT2D eigenvalue weighted by molar-refractivity contribution is 0.372. The van der Waals surface area contributed by atoms with Gasteiger partial charge in [-0.15, -0.1) is 0 Å². The van der Waals surface area contributed by atoms with Crippen LogP contribution in [0.25, 0.3) is 5.69 Å². The number of hydrogen-bond donors (Lipinski definition) is 1. The quantitative estimate of drug-likeness (QED) is 0.506. The molecule has 1 aliphatic rings. The minimum absolute atomic E-state index is 0.279. The number of piperazine rings is 1. The van der Waals surface area contributed by atoms with Crippen LogP contribution in [0.5, 0.6) is 5.75 Å². The van der Waals surface area contributed by atoms with E-state index in [1.807, 2.05) is 18.2 Å². The summed E-state index contributed by atoms with van der Waals surface area (Å²) in [5, 5.41) is 3.36. The smallest absolute Gasteiger partial charge is 0.194 e. The minimum Gasteiger partial charge on any atom is -0.497 e. The van der Waals surface area contributed by atoms with Crippen LogP contribution in [0, 0.1) is 5.82 Å². The average molecular weight is 423 g/mol. The van der Waals surface area contributed by atoms with E-state index in [0.717, 1.165) is 49.1 Å². The van der Waals surface area contributed by atoms with E-state index in [4.69, 9.17) is 4.74 Å². The lowest BCUT2D eigenvalue weighted by Gasteiger charge is -2.37. The van der Waals surface area contributed by atoms with Crippen LogP contribution in [0.2, 0.25) is 0 Å². The number of ether oxygens (including phenoxy) is 1. The molecule has 0 radical (unpaired) electrons. The Morgan fingerprint density at radius 1 is 1.16 bits per heavy atom. The minimum atomic E-state index is -0.279. The van der Waals surface area contributed by atoms with Gasteiger partial charge in [-0.25, -0.2) is 9.37 Å². The number of imidazole rings is 1. The van der Waals surface area contributed by atoms with Gasteiger partial charge in [0, 0.05) is 63.9 Å². The predicted octanol–water partition coefficient (Wildman–Crippen LogP) is 2.92. The molecule has 1 aliphatic heterocycles. The summed E-state index contributed by atoms with van der Waals surface area (Å²) in [6, 6.07) is 13.4. The lowest BCUT2D eigenvalue weighted by Crippen LogP contribution is -2.52. The van der Waals surface area contributed by atoms with Gasteiger partial charge in [0.1, 0.15) is 11.6 Å². The molecule has 1 fully saturated rings. The molecular weight excluding hydrogens is 395 g/mol. The fourth-order valence-electron chi connectivity index (χ4n) is 3.77. The van der Waals surface area contributed by atoms with E-state index < -0.39 is 0 Å². The molecule has 162 valence electrons. The molecule has 1 N–H and O–H groups in total. The van der Waals surface area contributed by atoms with Crippen LogP contribution in [-0.4, -0.2) is 60.7 Å². The van der Waals surface area contributed by atoms with E-state index in [0.29, 0.717) is 12.2 Å². The van der Waals surface area contributed by atoms with Gasteiger partial charge in [0.25, 0.3) is 0 Å². The molecule has 0 atom stereocenters. The SMILES string of the molecule is CN=C(NCc1ccc(-n2ccnc2)c(F)c1)N1CCN(c2cccc(OC)c2)CC1. The summed E-state index contributed by atoms with van der Waals surface area (Å²) in [5.74, 6) is 1.41. The molecule has 7 nitrogen and oxygen atoms in total. The number of aliphatic imine (C=N–C) groups is 1. The van der Waals surface area contributed by atoms with Gasteiger partial charge in [0.15, 0.2) is 5.96 Å². The van der Waals surface area contributed by atoms with E-state index in [2.05, 4.69) is 37.2 Å². The van der Waals surface area contributed by atoms with Gasteiger partial charge < -0.3 is 24.4 Å². The number of nitrogens with one attached hydrogen (secondary N) is 1. The number of methoxy groups -OCH3 is 1. The molecule has 0 unspecified atom stereocenters. The van der Waals surface area contributed by atoms with Gasteiger partial charge in [0.05, 0.1) is 19.1 Å². The molecule has 0 bridgehead atoms.